The summed E-state index contributed by atoms with van der Waals surface area (Å²) in [6.07, 6.45) is 2.29. The number of ether oxygens (including phenoxy) is 2. The standard InChI is InChI=1S/C24H19FN2O4/c1-15(23-26-27-24(31-23)17-6-9-20(25)10-7-17)30-22(28)12-4-16-3-5-19-14-21(29-2)11-8-18(19)13-16/h3-15H,1-2H3/b12-4+/t15-/m1/s1. The molecule has 3 aromatic carbocycles. The van der Waals surface area contributed by atoms with Crippen LogP contribution in [0.15, 0.2) is 71.2 Å². The molecule has 31 heavy (non-hydrogen) atoms. The third-order valence-corrected chi connectivity index (χ3v) is 4.66. The maximum absolute atomic E-state index is 13.0. The first-order valence-corrected chi connectivity index (χ1v) is 9.57. The van der Waals surface area contributed by atoms with Crippen molar-refractivity contribution in [2.75, 3.05) is 7.11 Å². The number of hydrogen-bond donors (Lipinski definition) is 0. The van der Waals surface area contributed by atoms with Gasteiger partial charge in [-0.3, -0.25) is 0 Å². The lowest BCUT2D eigenvalue weighted by molar-refractivity contribution is -0.143. The van der Waals surface area contributed by atoms with E-state index in [1.165, 1.54) is 30.3 Å². The number of nitrogens with zero attached hydrogens (tertiary/aromatic N) is 2. The lowest BCUT2D eigenvalue weighted by Gasteiger charge is -2.07. The fraction of sp³-hybridized carbons (Fsp3) is 0.125. The number of halogens is 1. The van der Waals surface area contributed by atoms with Crippen LogP contribution >= 0.6 is 0 Å². The summed E-state index contributed by atoms with van der Waals surface area (Å²) in [4.78, 5) is 12.2. The first kappa shape index (κ1) is 20.3. The Morgan fingerprint density at radius 3 is 2.55 bits per heavy atom. The Kier molecular flexibility index (Phi) is 5.75. The summed E-state index contributed by atoms with van der Waals surface area (Å²) in [5.74, 6) is 0.270. The normalized spacial score (nSPS) is 12.2. The highest BCUT2D eigenvalue weighted by Gasteiger charge is 2.18. The molecule has 1 aromatic heterocycles. The van der Waals surface area contributed by atoms with Gasteiger partial charge in [0, 0.05) is 11.6 Å². The van der Waals surface area contributed by atoms with E-state index in [2.05, 4.69) is 10.2 Å². The lowest BCUT2D eigenvalue weighted by atomic mass is 10.1. The summed E-state index contributed by atoms with van der Waals surface area (Å²) in [7, 11) is 1.63. The maximum Gasteiger partial charge on any atom is 0.331 e. The molecule has 7 heteroatoms. The van der Waals surface area contributed by atoms with Gasteiger partial charge in [0.15, 0.2) is 6.10 Å². The van der Waals surface area contributed by atoms with Gasteiger partial charge < -0.3 is 13.9 Å². The molecule has 0 bridgehead atoms. The average molecular weight is 418 g/mol. The quantitative estimate of drug-likeness (QED) is 0.310. The third kappa shape index (κ3) is 4.78. The van der Waals surface area contributed by atoms with Crippen molar-refractivity contribution in [1.82, 2.24) is 10.2 Å². The Hall–Kier alpha value is -4.00. The Labute approximate surface area is 177 Å². The minimum atomic E-state index is -0.733. The van der Waals surface area contributed by atoms with E-state index >= 15 is 0 Å². The van der Waals surface area contributed by atoms with Gasteiger partial charge in [0.1, 0.15) is 11.6 Å². The van der Waals surface area contributed by atoms with E-state index in [1.807, 2.05) is 36.4 Å². The van der Waals surface area contributed by atoms with Gasteiger partial charge in [0.25, 0.3) is 5.89 Å². The van der Waals surface area contributed by atoms with Crippen LogP contribution in [0.1, 0.15) is 24.5 Å². The number of methoxy groups -OCH3 is 1. The van der Waals surface area contributed by atoms with E-state index in [1.54, 1.807) is 20.1 Å². The van der Waals surface area contributed by atoms with E-state index < -0.39 is 12.1 Å². The summed E-state index contributed by atoms with van der Waals surface area (Å²) in [5.41, 5.74) is 1.44. The van der Waals surface area contributed by atoms with Crippen molar-refractivity contribution >= 4 is 22.8 Å². The second kappa shape index (κ2) is 8.79. The van der Waals surface area contributed by atoms with Gasteiger partial charge in [-0.15, -0.1) is 10.2 Å². The van der Waals surface area contributed by atoms with Gasteiger partial charge in [0.05, 0.1) is 7.11 Å². The number of carbonyl (C=O) groups excluding carboxylic acids is 1. The summed E-state index contributed by atoms with van der Waals surface area (Å²) in [6, 6.07) is 17.3. The van der Waals surface area contributed by atoms with Crippen molar-refractivity contribution in [2.45, 2.75) is 13.0 Å². The van der Waals surface area contributed by atoms with Crippen LogP contribution in [0.4, 0.5) is 4.39 Å². The summed E-state index contributed by atoms with van der Waals surface area (Å²) in [6.45, 7) is 1.64. The molecule has 0 saturated heterocycles. The molecule has 6 nitrogen and oxygen atoms in total. The van der Waals surface area contributed by atoms with Gasteiger partial charge in [-0.1, -0.05) is 18.2 Å². The first-order chi connectivity index (χ1) is 15.0. The lowest BCUT2D eigenvalue weighted by Crippen LogP contribution is -2.06. The predicted molar refractivity (Wildman–Crippen MR) is 114 cm³/mol. The van der Waals surface area contributed by atoms with Crippen LogP contribution in [-0.2, 0) is 9.53 Å². The van der Waals surface area contributed by atoms with Crippen LogP contribution in [0.2, 0.25) is 0 Å². The van der Waals surface area contributed by atoms with Crippen LogP contribution in [0, 0.1) is 5.82 Å². The number of benzene rings is 3. The predicted octanol–water partition coefficient (Wildman–Crippen LogP) is 5.36. The molecule has 0 amide bonds. The molecule has 4 rings (SSSR count). The molecule has 0 aliphatic rings. The number of fused-ring (bicyclic) bond motifs is 1. The van der Waals surface area contributed by atoms with E-state index in [9.17, 15) is 9.18 Å². The van der Waals surface area contributed by atoms with Gasteiger partial charge >= 0.3 is 5.97 Å². The van der Waals surface area contributed by atoms with Crippen LogP contribution in [0.3, 0.4) is 0 Å². The molecular formula is C24H19FN2O4. The minimum Gasteiger partial charge on any atom is -0.497 e. The highest BCUT2D eigenvalue weighted by atomic mass is 19.1. The Balaban J connectivity index is 1.40. The van der Waals surface area contributed by atoms with Crippen molar-refractivity contribution < 1.29 is 23.1 Å². The van der Waals surface area contributed by atoms with E-state index in [0.717, 1.165) is 22.1 Å². The SMILES string of the molecule is COc1ccc2cc(/C=C/C(=O)O[C@H](C)c3nnc(-c4ccc(F)cc4)o3)ccc2c1. The molecule has 0 spiro atoms. The Bertz CT molecular complexity index is 1250. The summed E-state index contributed by atoms with van der Waals surface area (Å²) < 4.78 is 29.2. The maximum atomic E-state index is 13.0. The van der Waals surface area contributed by atoms with Crippen molar-refractivity contribution in [3.8, 4) is 17.2 Å². The molecule has 0 saturated carbocycles. The molecule has 0 radical (unpaired) electrons. The highest BCUT2D eigenvalue weighted by Crippen LogP contribution is 2.24. The minimum absolute atomic E-state index is 0.153. The smallest absolute Gasteiger partial charge is 0.331 e. The zero-order valence-corrected chi connectivity index (χ0v) is 16.9. The Morgan fingerprint density at radius 2 is 1.77 bits per heavy atom. The van der Waals surface area contributed by atoms with Gasteiger partial charge in [-0.25, -0.2) is 9.18 Å². The topological polar surface area (TPSA) is 74.5 Å². The molecule has 0 aliphatic heterocycles. The second-order valence-corrected chi connectivity index (χ2v) is 6.84. The zero-order chi connectivity index (χ0) is 21.8. The summed E-state index contributed by atoms with van der Waals surface area (Å²) >= 11 is 0. The van der Waals surface area contributed by atoms with Crippen molar-refractivity contribution in [3.63, 3.8) is 0 Å². The molecular weight excluding hydrogens is 399 g/mol. The van der Waals surface area contributed by atoms with Crippen LogP contribution in [-0.4, -0.2) is 23.3 Å². The highest BCUT2D eigenvalue weighted by molar-refractivity contribution is 5.90. The van der Waals surface area contributed by atoms with E-state index in [0.29, 0.717) is 5.56 Å². The van der Waals surface area contributed by atoms with E-state index in [-0.39, 0.29) is 17.6 Å². The molecule has 0 unspecified atom stereocenters. The number of carbonyl (C=O) groups is 1. The fourth-order valence-corrected chi connectivity index (χ4v) is 3.01. The Morgan fingerprint density at radius 1 is 1.03 bits per heavy atom. The van der Waals surface area contributed by atoms with Crippen LogP contribution in [0.25, 0.3) is 28.3 Å². The number of hydrogen-bond acceptors (Lipinski definition) is 6. The molecule has 156 valence electrons. The van der Waals surface area contributed by atoms with E-state index in [4.69, 9.17) is 13.9 Å². The largest absolute Gasteiger partial charge is 0.497 e. The first-order valence-electron chi connectivity index (χ1n) is 9.57. The number of rotatable bonds is 6. The third-order valence-electron chi connectivity index (χ3n) is 4.66. The molecule has 1 atom stereocenters. The fourth-order valence-electron chi connectivity index (χ4n) is 3.01. The summed E-state index contributed by atoms with van der Waals surface area (Å²) in [5, 5.41) is 9.91. The number of esters is 1. The van der Waals surface area contributed by atoms with Crippen molar-refractivity contribution in [3.05, 3.63) is 84.0 Å². The van der Waals surface area contributed by atoms with Gasteiger partial charge in [-0.2, -0.15) is 0 Å². The second-order valence-electron chi connectivity index (χ2n) is 6.84. The average Bonchev–Trinajstić information content (AvgIpc) is 3.28. The van der Waals surface area contributed by atoms with Crippen LogP contribution in [0.5, 0.6) is 5.75 Å². The number of aromatic nitrogens is 2. The van der Waals surface area contributed by atoms with Crippen molar-refractivity contribution in [2.24, 2.45) is 0 Å². The molecule has 4 aromatic rings. The van der Waals surface area contributed by atoms with Gasteiger partial charge in [0.2, 0.25) is 5.89 Å². The monoisotopic (exact) mass is 418 g/mol. The van der Waals surface area contributed by atoms with Gasteiger partial charge in [-0.05, 0) is 71.8 Å². The molecule has 1 heterocycles. The molecule has 0 fully saturated rings. The van der Waals surface area contributed by atoms with Crippen molar-refractivity contribution in [1.29, 1.82) is 0 Å². The molecule has 0 aliphatic carbocycles. The molecule has 0 N–H and O–H groups in total. The van der Waals surface area contributed by atoms with Crippen LogP contribution < -0.4 is 4.74 Å². The zero-order valence-electron chi connectivity index (χ0n) is 16.9.